The minimum Gasteiger partial charge on any atom is -0.428 e. The first-order valence-electron chi connectivity index (χ1n) is 10.4. The lowest BCUT2D eigenvalue weighted by Gasteiger charge is -2.15. The molecule has 3 unspecified atom stereocenters. The molecule has 0 bridgehead atoms. The predicted octanol–water partition coefficient (Wildman–Crippen LogP) is 4.18. The number of carbonyl (C=O) groups excluding carboxylic acids is 1. The summed E-state index contributed by atoms with van der Waals surface area (Å²) in [5.74, 6) is -3.70. The number of hydrogen-bond acceptors (Lipinski definition) is 5. The molecule has 2 N–H and O–H groups in total. The van der Waals surface area contributed by atoms with Gasteiger partial charge in [-0.3, -0.25) is 9.48 Å². The van der Waals surface area contributed by atoms with E-state index in [2.05, 4.69) is 10.1 Å². The van der Waals surface area contributed by atoms with Gasteiger partial charge in [-0.1, -0.05) is 6.92 Å². The van der Waals surface area contributed by atoms with Gasteiger partial charge in [0.1, 0.15) is 11.3 Å². The van der Waals surface area contributed by atoms with E-state index in [-0.39, 0.29) is 11.8 Å². The van der Waals surface area contributed by atoms with Crippen molar-refractivity contribution < 1.29 is 40.6 Å². The lowest BCUT2D eigenvalue weighted by molar-refractivity contribution is -0.156. The van der Waals surface area contributed by atoms with E-state index < -0.39 is 73.8 Å². The Labute approximate surface area is 195 Å². The van der Waals surface area contributed by atoms with Crippen LogP contribution in [0.5, 0.6) is 0 Å². The van der Waals surface area contributed by atoms with Gasteiger partial charge in [0, 0.05) is 31.0 Å². The second kappa shape index (κ2) is 7.83. The van der Waals surface area contributed by atoms with Gasteiger partial charge < -0.3 is 5.21 Å². The van der Waals surface area contributed by atoms with Crippen molar-refractivity contribution in [2.24, 2.45) is 16.3 Å². The molecule has 2 aliphatic carbocycles. The fourth-order valence-electron chi connectivity index (χ4n) is 4.16. The van der Waals surface area contributed by atoms with E-state index in [0.29, 0.717) is 22.3 Å². The van der Waals surface area contributed by atoms with Crippen LogP contribution in [0.4, 0.5) is 26.3 Å². The summed E-state index contributed by atoms with van der Waals surface area (Å²) >= 11 is 0. The van der Waals surface area contributed by atoms with Gasteiger partial charge in [0.15, 0.2) is 5.03 Å². The third kappa shape index (κ3) is 4.95. The highest BCUT2D eigenvalue weighted by atomic mass is 32.2. The summed E-state index contributed by atoms with van der Waals surface area (Å²) in [7, 11) is -3.49. The van der Waals surface area contributed by atoms with E-state index in [1.807, 2.05) is 0 Å². The summed E-state index contributed by atoms with van der Waals surface area (Å²) < 4.78 is 103. The molecule has 15 heteroatoms. The molecule has 4 rings (SSSR count). The summed E-state index contributed by atoms with van der Waals surface area (Å²) in [6, 6.07) is 1.95. The van der Waals surface area contributed by atoms with Crippen LogP contribution in [-0.4, -0.2) is 42.3 Å². The van der Waals surface area contributed by atoms with Gasteiger partial charge in [-0.25, -0.2) is 14.0 Å². The molecule has 8 nitrogen and oxygen atoms in total. The van der Waals surface area contributed by atoms with Crippen molar-refractivity contribution >= 4 is 15.6 Å². The molecule has 0 saturated heterocycles. The second-order valence-corrected chi connectivity index (χ2v) is 11.4. The van der Waals surface area contributed by atoms with E-state index in [4.69, 9.17) is 4.78 Å². The Hall–Kier alpha value is -2.84. The average molecular weight is 525 g/mol. The predicted molar refractivity (Wildman–Crippen MR) is 108 cm³/mol. The fourth-order valence-corrected chi connectivity index (χ4v) is 4.92. The van der Waals surface area contributed by atoms with Crippen LogP contribution in [0.1, 0.15) is 53.8 Å². The first-order valence-corrected chi connectivity index (χ1v) is 12.4. The summed E-state index contributed by atoms with van der Waals surface area (Å²) in [4.78, 5) is 16.7. The summed E-state index contributed by atoms with van der Waals surface area (Å²) in [5.41, 5.74) is -4.12. The molecule has 2 aromatic rings. The Bertz CT molecular complexity index is 1370. The maximum Gasteiger partial charge on any atom is 0.420 e. The molecule has 2 heterocycles. The van der Waals surface area contributed by atoms with Crippen molar-refractivity contribution in [2.75, 3.05) is 6.26 Å². The van der Waals surface area contributed by atoms with E-state index >= 15 is 0 Å². The number of amides is 1. The fraction of sp³-hybridized carbons (Fsp3) is 0.550. The van der Waals surface area contributed by atoms with E-state index in [1.165, 1.54) is 6.92 Å². The quantitative estimate of drug-likeness (QED) is 0.450. The Balaban J connectivity index is 1.85. The monoisotopic (exact) mass is 525 g/mol. The van der Waals surface area contributed by atoms with Gasteiger partial charge in [0.25, 0.3) is 5.91 Å². The molecule has 0 aliphatic heterocycles. The molecule has 1 amide bonds. The SMILES string of the molecule is CC1(Cn2nc(C3CC3)c(C(F)(F)F)c2C(=O)N=c2ccn(O)c(S(C)(=N)=O)c2)CC1C(F)(F)F. The van der Waals surface area contributed by atoms with Gasteiger partial charge in [0.2, 0.25) is 0 Å². The largest absolute Gasteiger partial charge is 0.428 e. The van der Waals surface area contributed by atoms with Crippen LogP contribution < -0.4 is 5.36 Å². The number of aromatic nitrogens is 3. The summed E-state index contributed by atoms with van der Waals surface area (Å²) in [5, 5.41) is 12.9. The van der Waals surface area contributed by atoms with Crippen molar-refractivity contribution in [1.29, 1.82) is 4.78 Å². The number of rotatable bonds is 5. The molecular formula is C20H21F6N5O3S. The maximum atomic E-state index is 14.1. The van der Waals surface area contributed by atoms with Crippen LogP contribution in [-0.2, 0) is 22.5 Å². The van der Waals surface area contributed by atoms with Crippen molar-refractivity contribution in [3.63, 3.8) is 0 Å². The molecule has 2 aromatic heterocycles. The zero-order valence-corrected chi connectivity index (χ0v) is 19.3. The molecule has 2 saturated carbocycles. The standard InChI is InChI=1S/C20H21F6N5O3S/c1-18(8-12(18)19(21,22)23)9-30-16(14(20(24,25)26)15(29-30)10-3-4-10)17(32)28-11-5-6-31(33)13(7-11)35(2,27)34/h5-7,10,12,27,33H,3-4,8-9H2,1-2H3. The van der Waals surface area contributed by atoms with Crippen LogP contribution in [0.3, 0.4) is 0 Å². The molecule has 0 radical (unpaired) electrons. The molecule has 2 fully saturated rings. The lowest BCUT2D eigenvalue weighted by Crippen LogP contribution is -2.24. The first-order chi connectivity index (χ1) is 15.9. The zero-order valence-electron chi connectivity index (χ0n) is 18.4. The number of nitrogens with zero attached hydrogens (tertiary/aromatic N) is 4. The van der Waals surface area contributed by atoms with Crippen molar-refractivity contribution in [3.8, 4) is 0 Å². The Kier molecular flexibility index (Phi) is 5.65. The van der Waals surface area contributed by atoms with Crippen LogP contribution in [0, 0.1) is 16.1 Å². The van der Waals surface area contributed by atoms with Gasteiger partial charge in [-0.15, -0.1) is 0 Å². The highest BCUT2D eigenvalue weighted by molar-refractivity contribution is 7.91. The van der Waals surface area contributed by atoms with Gasteiger partial charge in [0.05, 0.1) is 26.7 Å². The molecule has 35 heavy (non-hydrogen) atoms. The third-order valence-corrected chi connectivity index (χ3v) is 7.30. The Morgan fingerprint density at radius 2 is 1.94 bits per heavy atom. The number of hydrogen-bond donors (Lipinski definition) is 2. The van der Waals surface area contributed by atoms with Crippen molar-refractivity contribution in [3.05, 3.63) is 40.6 Å². The number of nitrogens with one attached hydrogen (secondary N) is 1. The van der Waals surface area contributed by atoms with Gasteiger partial charge >= 0.3 is 12.4 Å². The van der Waals surface area contributed by atoms with Crippen LogP contribution in [0.25, 0.3) is 0 Å². The minimum atomic E-state index is -5.01. The second-order valence-electron chi connectivity index (χ2n) is 9.32. The number of carbonyl (C=O) groups is 1. The Morgan fingerprint density at radius 3 is 2.43 bits per heavy atom. The average Bonchev–Trinajstić information content (AvgIpc) is 3.59. The molecule has 2 aliphatic rings. The van der Waals surface area contributed by atoms with E-state index in [0.717, 1.165) is 24.6 Å². The van der Waals surface area contributed by atoms with Crippen molar-refractivity contribution in [2.45, 2.75) is 56.0 Å². The number of pyridine rings is 1. The smallest absolute Gasteiger partial charge is 0.420 e. The van der Waals surface area contributed by atoms with Crippen molar-refractivity contribution in [1.82, 2.24) is 14.5 Å². The lowest BCUT2D eigenvalue weighted by atomic mass is 10.1. The van der Waals surface area contributed by atoms with Crippen LogP contribution in [0.15, 0.2) is 28.3 Å². The normalized spacial score (nSPS) is 24.9. The first kappa shape index (κ1) is 25.3. The van der Waals surface area contributed by atoms with Gasteiger partial charge in [-0.05, 0) is 30.7 Å². The molecule has 0 spiro atoms. The highest BCUT2D eigenvalue weighted by Gasteiger charge is 2.64. The van der Waals surface area contributed by atoms with Crippen LogP contribution >= 0.6 is 0 Å². The Morgan fingerprint density at radius 1 is 1.31 bits per heavy atom. The highest BCUT2D eigenvalue weighted by Crippen LogP contribution is 2.61. The number of alkyl halides is 6. The molecular weight excluding hydrogens is 504 g/mol. The molecule has 3 atom stereocenters. The van der Waals surface area contributed by atoms with E-state index in [9.17, 15) is 40.6 Å². The maximum absolute atomic E-state index is 14.1. The summed E-state index contributed by atoms with van der Waals surface area (Å²) in [6.07, 6.45) is -7.16. The zero-order chi connectivity index (χ0) is 26.1. The number of halogens is 6. The minimum absolute atomic E-state index is 0.295. The summed E-state index contributed by atoms with van der Waals surface area (Å²) in [6.45, 7) is 0.716. The van der Waals surface area contributed by atoms with E-state index in [1.54, 1.807) is 0 Å². The third-order valence-electron chi connectivity index (χ3n) is 6.20. The molecule has 0 aromatic carbocycles. The molecule has 192 valence electrons. The van der Waals surface area contributed by atoms with Crippen LogP contribution in [0.2, 0.25) is 0 Å². The van der Waals surface area contributed by atoms with Gasteiger partial charge in [-0.2, -0.15) is 36.2 Å². The topological polar surface area (TPSA) is 113 Å².